The van der Waals surface area contributed by atoms with Crippen molar-refractivity contribution in [3.8, 4) is 5.75 Å². The van der Waals surface area contributed by atoms with Crippen LogP contribution < -0.4 is 10.1 Å². The van der Waals surface area contributed by atoms with E-state index < -0.39 is 5.91 Å². The number of aromatic amines is 1. The fourth-order valence-corrected chi connectivity index (χ4v) is 1.78. The highest BCUT2D eigenvalue weighted by atomic mass is 16.5. The van der Waals surface area contributed by atoms with Crippen LogP contribution in [0.2, 0.25) is 0 Å². The number of methoxy groups -OCH3 is 1. The number of aliphatic hydroxyl groups is 2. The summed E-state index contributed by atoms with van der Waals surface area (Å²) >= 11 is 0. The summed E-state index contributed by atoms with van der Waals surface area (Å²) < 4.78 is 5.15. The van der Waals surface area contributed by atoms with Crippen molar-refractivity contribution >= 4 is 10.9 Å². The molecule has 0 atom stereocenters. The van der Waals surface area contributed by atoms with Crippen LogP contribution in [0.25, 0.3) is 10.9 Å². The summed E-state index contributed by atoms with van der Waals surface area (Å²) in [5.74, 6) is -1.16. The molecule has 1 heterocycles. The molecule has 0 aliphatic heterocycles. The molecule has 0 radical (unpaired) electrons. The van der Waals surface area contributed by atoms with Gasteiger partial charge in [0.1, 0.15) is 5.75 Å². The number of rotatable bonds is 4. The highest BCUT2D eigenvalue weighted by Crippen LogP contribution is 2.25. The second kappa shape index (κ2) is 4.37. The Kier molecular flexibility index (Phi) is 3.06. The largest absolute Gasteiger partial charge is 0.497 e. The predicted octanol–water partition coefficient (Wildman–Crippen LogP) is 0.577. The van der Waals surface area contributed by atoms with Crippen molar-refractivity contribution in [1.29, 1.82) is 0 Å². The Bertz CT molecular complexity index is 519. The molecule has 0 bridgehead atoms. The Morgan fingerprint density at radius 3 is 2.82 bits per heavy atom. The van der Waals surface area contributed by atoms with Gasteiger partial charge in [0, 0.05) is 23.5 Å². The summed E-state index contributed by atoms with van der Waals surface area (Å²) in [5.41, 5.74) is 1.76. The van der Waals surface area contributed by atoms with E-state index in [-0.39, 0.29) is 6.42 Å². The number of nitrogens with one attached hydrogen (secondary N) is 2. The number of hydrogen-bond donors (Lipinski definition) is 4. The summed E-state index contributed by atoms with van der Waals surface area (Å²) in [7, 11) is 3.10. The number of hydrogen-bond acceptors (Lipinski definition) is 4. The third kappa shape index (κ3) is 2.41. The highest BCUT2D eigenvalue weighted by molar-refractivity contribution is 5.84. The maximum Gasteiger partial charge on any atom is 0.226 e. The van der Waals surface area contributed by atoms with E-state index in [0.717, 1.165) is 22.2 Å². The van der Waals surface area contributed by atoms with Gasteiger partial charge < -0.3 is 19.9 Å². The van der Waals surface area contributed by atoms with Crippen molar-refractivity contribution < 1.29 is 14.9 Å². The van der Waals surface area contributed by atoms with E-state index in [2.05, 4.69) is 10.3 Å². The van der Waals surface area contributed by atoms with Crippen molar-refractivity contribution in [1.82, 2.24) is 10.3 Å². The lowest BCUT2D eigenvalue weighted by Gasteiger charge is -2.20. The molecule has 0 aliphatic rings. The number of likely N-dealkylation sites (N-methyl/N-ethyl adjacent to an activating group) is 1. The Hall–Kier alpha value is -1.56. The van der Waals surface area contributed by atoms with E-state index >= 15 is 0 Å². The van der Waals surface area contributed by atoms with Gasteiger partial charge in [-0.25, -0.2) is 0 Å². The second-order valence-electron chi connectivity index (χ2n) is 3.97. The maximum absolute atomic E-state index is 9.58. The van der Waals surface area contributed by atoms with Gasteiger partial charge in [0.15, 0.2) is 0 Å². The maximum atomic E-state index is 9.58. The fourth-order valence-electron chi connectivity index (χ4n) is 1.78. The molecule has 0 saturated heterocycles. The second-order valence-corrected chi connectivity index (χ2v) is 3.97. The molecule has 0 amide bonds. The summed E-state index contributed by atoms with van der Waals surface area (Å²) in [6, 6.07) is 5.62. The summed E-state index contributed by atoms with van der Waals surface area (Å²) in [5, 5.41) is 22.5. The molecule has 0 saturated carbocycles. The van der Waals surface area contributed by atoms with Crippen LogP contribution in [0.5, 0.6) is 5.75 Å². The molecule has 0 spiro atoms. The molecule has 0 unspecified atom stereocenters. The molecule has 1 aromatic heterocycles. The molecule has 5 nitrogen and oxygen atoms in total. The van der Waals surface area contributed by atoms with Crippen LogP contribution in [0.1, 0.15) is 5.56 Å². The van der Waals surface area contributed by atoms with Crippen LogP contribution in [0.3, 0.4) is 0 Å². The van der Waals surface area contributed by atoms with Crippen molar-refractivity contribution in [2.75, 3.05) is 14.2 Å². The Balaban J connectivity index is 2.41. The minimum absolute atomic E-state index is 0.0939. The smallest absolute Gasteiger partial charge is 0.226 e. The average molecular weight is 236 g/mol. The molecule has 2 rings (SSSR count). The fraction of sp³-hybridized carbons (Fsp3) is 0.333. The zero-order valence-electron chi connectivity index (χ0n) is 9.82. The zero-order valence-corrected chi connectivity index (χ0v) is 9.82. The first-order valence-corrected chi connectivity index (χ1v) is 5.33. The number of benzene rings is 1. The van der Waals surface area contributed by atoms with Crippen LogP contribution in [0, 0.1) is 0 Å². The lowest BCUT2D eigenvalue weighted by molar-refractivity contribution is -0.179. The zero-order chi connectivity index (χ0) is 12.5. The Morgan fingerprint density at radius 1 is 1.41 bits per heavy atom. The Morgan fingerprint density at radius 2 is 2.18 bits per heavy atom. The van der Waals surface area contributed by atoms with Crippen molar-refractivity contribution in [2.24, 2.45) is 0 Å². The van der Waals surface area contributed by atoms with Crippen LogP contribution >= 0.6 is 0 Å². The van der Waals surface area contributed by atoms with Crippen LogP contribution in [0.15, 0.2) is 24.4 Å². The number of aromatic nitrogens is 1. The van der Waals surface area contributed by atoms with E-state index in [1.807, 2.05) is 18.2 Å². The first-order chi connectivity index (χ1) is 8.05. The summed E-state index contributed by atoms with van der Waals surface area (Å²) in [6.45, 7) is 0. The SMILES string of the molecule is CNC(O)(O)Cc1c[nH]c2ccc(OC)cc12. The van der Waals surface area contributed by atoms with Gasteiger partial charge in [-0.05, 0) is 30.8 Å². The number of fused-ring (bicyclic) bond motifs is 1. The summed E-state index contributed by atoms with van der Waals surface area (Å²) in [4.78, 5) is 3.08. The first-order valence-electron chi connectivity index (χ1n) is 5.33. The lowest BCUT2D eigenvalue weighted by atomic mass is 10.1. The quantitative estimate of drug-likeness (QED) is 0.586. The summed E-state index contributed by atoms with van der Waals surface area (Å²) in [6.07, 6.45) is 1.86. The third-order valence-corrected chi connectivity index (χ3v) is 2.81. The van der Waals surface area contributed by atoms with Gasteiger partial charge >= 0.3 is 0 Å². The van der Waals surface area contributed by atoms with Gasteiger partial charge in [-0.3, -0.25) is 5.32 Å². The molecule has 92 valence electrons. The van der Waals surface area contributed by atoms with Crippen LogP contribution in [-0.4, -0.2) is 35.3 Å². The molecular weight excluding hydrogens is 220 g/mol. The van der Waals surface area contributed by atoms with Gasteiger partial charge in [0.25, 0.3) is 0 Å². The third-order valence-electron chi connectivity index (χ3n) is 2.81. The molecule has 4 N–H and O–H groups in total. The molecule has 0 fully saturated rings. The highest BCUT2D eigenvalue weighted by Gasteiger charge is 2.22. The van der Waals surface area contributed by atoms with E-state index in [4.69, 9.17) is 4.74 Å². The topological polar surface area (TPSA) is 77.5 Å². The van der Waals surface area contributed by atoms with Crippen molar-refractivity contribution in [2.45, 2.75) is 12.3 Å². The standard InChI is InChI=1S/C12H16N2O3/c1-13-12(15,16)6-8-7-14-11-4-3-9(17-2)5-10(8)11/h3-5,7,13-16H,6H2,1-2H3. The van der Waals surface area contributed by atoms with Crippen molar-refractivity contribution in [3.05, 3.63) is 30.0 Å². The van der Waals surface area contributed by atoms with Crippen molar-refractivity contribution in [3.63, 3.8) is 0 Å². The van der Waals surface area contributed by atoms with Gasteiger partial charge in [-0.15, -0.1) is 0 Å². The number of ether oxygens (including phenoxy) is 1. The Labute approximate surface area is 99.0 Å². The van der Waals surface area contributed by atoms with Crippen LogP contribution in [0.4, 0.5) is 0 Å². The predicted molar refractivity (Wildman–Crippen MR) is 64.8 cm³/mol. The van der Waals surface area contributed by atoms with E-state index in [9.17, 15) is 10.2 Å². The van der Waals surface area contributed by atoms with Gasteiger partial charge in [0.05, 0.1) is 7.11 Å². The molecule has 0 aliphatic carbocycles. The minimum Gasteiger partial charge on any atom is -0.497 e. The molecule has 1 aromatic carbocycles. The number of H-pyrrole nitrogens is 1. The molecular formula is C12H16N2O3. The molecule has 17 heavy (non-hydrogen) atoms. The monoisotopic (exact) mass is 236 g/mol. The van der Waals surface area contributed by atoms with E-state index in [1.54, 1.807) is 13.3 Å². The van der Waals surface area contributed by atoms with Crippen LogP contribution in [-0.2, 0) is 6.42 Å². The molecule has 5 heteroatoms. The minimum atomic E-state index is -1.90. The lowest BCUT2D eigenvalue weighted by Crippen LogP contribution is -2.44. The average Bonchev–Trinajstić information content (AvgIpc) is 2.71. The van der Waals surface area contributed by atoms with Gasteiger partial charge in [-0.2, -0.15) is 0 Å². The van der Waals surface area contributed by atoms with Gasteiger partial charge in [0.2, 0.25) is 5.91 Å². The first kappa shape index (κ1) is 11.9. The van der Waals surface area contributed by atoms with Gasteiger partial charge in [-0.1, -0.05) is 0 Å². The van der Waals surface area contributed by atoms with E-state index in [0.29, 0.717) is 0 Å². The van der Waals surface area contributed by atoms with E-state index in [1.165, 1.54) is 7.05 Å². The normalized spacial score (nSPS) is 12.0. The molecule has 2 aromatic rings.